The van der Waals surface area contributed by atoms with Crippen molar-refractivity contribution < 1.29 is 4.79 Å². The van der Waals surface area contributed by atoms with Gasteiger partial charge in [-0.25, -0.2) is 9.97 Å². The molecule has 0 atom stereocenters. The summed E-state index contributed by atoms with van der Waals surface area (Å²) in [7, 11) is 3.41. The number of terminal acetylenes is 1. The van der Waals surface area contributed by atoms with Crippen molar-refractivity contribution in [3.63, 3.8) is 0 Å². The second kappa shape index (κ2) is 5.77. The summed E-state index contributed by atoms with van der Waals surface area (Å²) < 4.78 is 0. The third kappa shape index (κ3) is 2.82. The van der Waals surface area contributed by atoms with Crippen LogP contribution < -0.4 is 5.32 Å². The Morgan fingerprint density at radius 3 is 2.91 bits per heavy atom. The van der Waals surface area contributed by atoms with Gasteiger partial charge in [0.15, 0.2) is 5.65 Å². The number of anilines is 2. The zero-order valence-corrected chi connectivity index (χ0v) is 12.7. The molecular weight excluding hydrogens is 292 g/mol. The Hall–Kier alpha value is -3.40. The van der Waals surface area contributed by atoms with E-state index in [0.29, 0.717) is 34.1 Å². The molecule has 0 saturated carbocycles. The maximum absolute atomic E-state index is 12.0. The number of nitrogens with one attached hydrogen (secondary N) is 2. The number of rotatable bonds is 3. The molecule has 0 aliphatic heterocycles. The first kappa shape index (κ1) is 14.5. The molecule has 0 aliphatic rings. The molecule has 0 bridgehead atoms. The molecule has 0 fully saturated rings. The Labute approximate surface area is 132 Å². The monoisotopic (exact) mass is 306 g/mol. The molecule has 1 amide bonds. The van der Waals surface area contributed by atoms with Crippen LogP contribution >= 0.6 is 0 Å². The predicted octanol–water partition coefficient (Wildman–Crippen LogP) is 1.78. The lowest BCUT2D eigenvalue weighted by Crippen LogP contribution is -2.21. The lowest BCUT2D eigenvalue weighted by molar-refractivity contribution is 0.0827. The van der Waals surface area contributed by atoms with E-state index in [1.807, 2.05) is 6.07 Å². The van der Waals surface area contributed by atoms with Gasteiger partial charge in [-0.15, -0.1) is 6.42 Å². The minimum atomic E-state index is -0.0818. The number of hydrogen-bond acceptors (Lipinski definition) is 5. The first-order valence-corrected chi connectivity index (χ1v) is 6.85. The van der Waals surface area contributed by atoms with Crippen molar-refractivity contribution in [2.45, 2.75) is 0 Å². The van der Waals surface area contributed by atoms with Crippen LogP contribution in [0.5, 0.6) is 0 Å². The number of hydrogen-bond donors (Lipinski definition) is 2. The summed E-state index contributed by atoms with van der Waals surface area (Å²) in [5, 5.41) is 3.05. The number of carbonyl (C=O) groups excluding carboxylic acids is 1. The molecule has 0 radical (unpaired) electrons. The number of carbonyl (C=O) groups is 1. The Kier molecular flexibility index (Phi) is 3.65. The van der Waals surface area contributed by atoms with Crippen LogP contribution in [-0.2, 0) is 0 Å². The fourth-order valence-electron chi connectivity index (χ4n) is 2.11. The van der Waals surface area contributed by atoms with Gasteiger partial charge >= 0.3 is 0 Å². The standard InChI is InChI=1S/C16H14N6O/c1-4-12-13-14(18-9-17-13)21-16(20-12)19-11-7-5-6-10(8-11)15(23)22(2)3/h1,5-9H,2-3H3,(H2,17,18,19,20,21). The van der Waals surface area contributed by atoms with Gasteiger partial charge in [0.05, 0.1) is 6.33 Å². The Bertz CT molecular complexity index is 922. The van der Waals surface area contributed by atoms with E-state index in [1.54, 1.807) is 32.3 Å². The Balaban J connectivity index is 1.95. The molecule has 7 heteroatoms. The van der Waals surface area contributed by atoms with Crippen molar-refractivity contribution in [1.29, 1.82) is 0 Å². The summed E-state index contributed by atoms with van der Waals surface area (Å²) in [6, 6.07) is 7.09. The van der Waals surface area contributed by atoms with E-state index in [9.17, 15) is 4.79 Å². The van der Waals surface area contributed by atoms with E-state index in [4.69, 9.17) is 6.42 Å². The Morgan fingerprint density at radius 1 is 1.35 bits per heavy atom. The van der Waals surface area contributed by atoms with Gasteiger partial charge in [0.1, 0.15) is 11.2 Å². The fourth-order valence-corrected chi connectivity index (χ4v) is 2.11. The molecule has 0 saturated heterocycles. The van der Waals surface area contributed by atoms with Crippen LogP contribution in [0, 0.1) is 12.3 Å². The highest BCUT2D eigenvalue weighted by Gasteiger charge is 2.11. The SMILES string of the molecule is C#Cc1nc(Nc2cccc(C(=O)N(C)C)c2)nc2nc[nH]c12. The van der Waals surface area contributed by atoms with Crippen LogP contribution in [0.25, 0.3) is 11.2 Å². The van der Waals surface area contributed by atoms with Crippen LogP contribution in [0.4, 0.5) is 11.6 Å². The normalized spacial score (nSPS) is 10.3. The fraction of sp³-hybridized carbons (Fsp3) is 0.125. The molecule has 0 spiro atoms. The molecule has 7 nitrogen and oxygen atoms in total. The van der Waals surface area contributed by atoms with E-state index in [0.717, 1.165) is 0 Å². The molecule has 2 N–H and O–H groups in total. The molecule has 114 valence electrons. The zero-order chi connectivity index (χ0) is 16.4. The minimum Gasteiger partial charge on any atom is -0.345 e. The van der Waals surface area contributed by atoms with Crippen molar-refractivity contribution in [2.24, 2.45) is 0 Å². The number of nitrogens with zero attached hydrogens (tertiary/aromatic N) is 4. The summed E-state index contributed by atoms with van der Waals surface area (Å²) in [6.07, 6.45) is 6.98. The number of aromatic amines is 1. The van der Waals surface area contributed by atoms with Gasteiger partial charge in [0.2, 0.25) is 5.95 Å². The van der Waals surface area contributed by atoms with Gasteiger partial charge in [0, 0.05) is 25.3 Å². The first-order valence-electron chi connectivity index (χ1n) is 6.85. The predicted molar refractivity (Wildman–Crippen MR) is 87.4 cm³/mol. The number of benzene rings is 1. The van der Waals surface area contributed by atoms with Crippen LogP contribution in [0.2, 0.25) is 0 Å². The lowest BCUT2D eigenvalue weighted by atomic mass is 10.2. The maximum atomic E-state index is 12.0. The van der Waals surface area contributed by atoms with Gasteiger partial charge in [0.25, 0.3) is 5.91 Å². The number of amides is 1. The molecule has 3 rings (SSSR count). The molecule has 23 heavy (non-hydrogen) atoms. The van der Waals surface area contributed by atoms with Gasteiger partial charge in [-0.3, -0.25) is 4.79 Å². The lowest BCUT2D eigenvalue weighted by Gasteiger charge is -2.11. The highest BCUT2D eigenvalue weighted by Crippen LogP contribution is 2.18. The molecular formula is C16H14N6O. The van der Waals surface area contributed by atoms with E-state index >= 15 is 0 Å². The van der Waals surface area contributed by atoms with E-state index < -0.39 is 0 Å². The highest BCUT2D eigenvalue weighted by molar-refractivity contribution is 5.95. The first-order chi connectivity index (χ1) is 11.1. The third-order valence-corrected chi connectivity index (χ3v) is 3.19. The average molecular weight is 306 g/mol. The van der Waals surface area contributed by atoms with Gasteiger partial charge < -0.3 is 15.2 Å². The maximum Gasteiger partial charge on any atom is 0.253 e. The number of imidazole rings is 1. The Morgan fingerprint density at radius 2 is 2.17 bits per heavy atom. The minimum absolute atomic E-state index is 0.0818. The molecule has 3 aromatic rings. The quantitative estimate of drug-likeness (QED) is 0.720. The smallest absolute Gasteiger partial charge is 0.253 e. The summed E-state index contributed by atoms with van der Waals surface area (Å²) >= 11 is 0. The van der Waals surface area contributed by atoms with Crippen molar-refractivity contribution in [2.75, 3.05) is 19.4 Å². The molecule has 0 unspecified atom stereocenters. The van der Waals surface area contributed by atoms with E-state index in [2.05, 4.69) is 31.2 Å². The average Bonchev–Trinajstić information content (AvgIpc) is 3.02. The van der Waals surface area contributed by atoms with Crippen molar-refractivity contribution in [1.82, 2.24) is 24.8 Å². The van der Waals surface area contributed by atoms with Gasteiger partial charge in [-0.1, -0.05) is 6.07 Å². The summed E-state index contributed by atoms with van der Waals surface area (Å²) in [4.78, 5) is 29.1. The zero-order valence-electron chi connectivity index (χ0n) is 12.7. The molecule has 1 aromatic carbocycles. The summed E-state index contributed by atoms with van der Waals surface area (Å²) in [5.74, 6) is 2.75. The topological polar surface area (TPSA) is 86.8 Å². The van der Waals surface area contributed by atoms with Crippen LogP contribution in [0.1, 0.15) is 16.1 Å². The molecule has 0 aliphatic carbocycles. The van der Waals surface area contributed by atoms with Crippen molar-refractivity contribution in [3.8, 4) is 12.3 Å². The van der Waals surface area contributed by atoms with Gasteiger partial charge in [-0.05, 0) is 24.1 Å². The number of fused-ring (bicyclic) bond motifs is 1. The summed E-state index contributed by atoms with van der Waals surface area (Å²) in [5.41, 5.74) is 2.79. The second-order valence-electron chi connectivity index (χ2n) is 5.05. The number of aromatic nitrogens is 4. The van der Waals surface area contributed by atoms with Gasteiger partial charge in [-0.2, -0.15) is 4.98 Å². The third-order valence-electron chi connectivity index (χ3n) is 3.19. The molecule has 2 aromatic heterocycles. The van der Waals surface area contributed by atoms with E-state index in [1.165, 1.54) is 11.2 Å². The van der Waals surface area contributed by atoms with Crippen LogP contribution in [0.3, 0.4) is 0 Å². The van der Waals surface area contributed by atoms with Crippen molar-refractivity contribution in [3.05, 3.63) is 41.9 Å². The second-order valence-corrected chi connectivity index (χ2v) is 5.05. The van der Waals surface area contributed by atoms with E-state index in [-0.39, 0.29) is 5.91 Å². The highest BCUT2D eigenvalue weighted by atomic mass is 16.2. The molecule has 2 heterocycles. The number of H-pyrrole nitrogens is 1. The summed E-state index contributed by atoms with van der Waals surface area (Å²) in [6.45, 7) is 0. The van der Waals surface area contributed by atoms with Crippen molar-refractivity contribution >= 4 is 28.7 Å². The van der Waals surface area contributed by atoms with Crippen LogP contribution in [-0.4, -0.2) is 44.8 Å². The largest absolute Gasteiger partial charge is 0.345 e. The van der Waals surface area contributed by atoms with Crippen LogP contribution in [0.15, 0.2) is 30.6 Å².